The molecule has 96 valence electrons. The molecule has 0 amide bonds. The molecule has 1 rings (SSSR count). The number of ketones is 1. The third kappa shape index (κ3) is 3.08. The van der Waals surface area contributed by atoms with Gasteiger partial charge < -0.3 is 0 Å². The topological polar surface area (TPSA) is 17.1 Å². The van der Waals surface area contributed by atoms with Crippen molar-refractivity contribution < 1.29 is 4.79 Å². The molecule has 0 radical (unpaired) electrons. The number of hydrogen-bond donors (Lipinski definition) is 0. The van der Waals surface area contributed by atoms with Gasteiger partial charge >= 0.3 is 0 Å². The first kappa shape index (κ1) is 14.2. The Kier molecular flexibility index (Phi) is 3.71. The maximum Gasteiger partial charge on any atom is 0.152 e. The van der Waals surface area contributed by atoms with Gasteiger partial charge in [0, 0.05) is 0 Å². The average Bonchev–Trinajstić information content (AvgIpc) is 1.93. The molecular weight excluding hydrogens is 208 g/mol. The summed E-state index contributed by atoms with van der Waals surface area (Å²) in [5, 5.41) is 0. The highest BCUT2D eigenvalue weighted by atomic mass is 16.1. The molecule has 1 aliphatic carbocycles. The second-order valence-corrected chi connectivity index (χ2v) is 6.91. The third-order valence-electron chi connectivity index (χ3n) is 3.76. The fraction of sp³-hybridized carbons (Fsp3) is 0.688. The van der Waals surface area contributed by atoms with Crippen molar-refractivity contribution in [1.82, 2.24) is 0 Å². The van der Waals surface area contributed by atoms with Gasteiger partial charge in [0.15, 0.2) is 5.78 Å². The first-order valence-corrected chi connectivity index (χ1v) is 6.43. The van der Waals surface area contributed by atoms with Gasteiger partial charge in [-0.3, -0.25) is 4.79 Å². The summed E-state index contributed by atoms with van der Waals surface area (Å²) >= 11 is 0. The molecule has 1 heteroatoms. The molecule has 0 fully saturated rings. The van der Waals surface area contributed by atoms with Gasteiger partial charge in [0.1, 0.15) is 0 Å². The molecule has 0 N–H and O–H groups in total. The first-order chi connectivity index (χ1) is 7.56. The Morgan fingerprint density at radius 3 is 2.24 bits per heavy atom. The van der Waals surface area contributed by atoms with Crippen LogP contribution in [0.2, 0.25) is 0 Å². The van der Waals surface area contributed by atoms with Gasteiger partial charge in [0.05, 0.1) is 0 Å². The zero-order chi connectivity index (χ0) is 13.4. The van der Waals surface area contributed by atoms with E-state index in [1.54, 1.807) is 6.92 Å². The summed E-state index contributed by atoms with van der Waals surface area (Å²) in [7, 11) is 0. The Hall–Kier alpha value is -0.850. The monoisotopic (exact) mass is 234 g/mol. The number of carbonyl (C=O) groups excluding carboxylic acids is 1. The summed E-state index contributed by atoms with van der Waals surface area (Å²) in [6.45, 7) is 15.1. The maximum absolute atomic E-state index is 11.3. The van der Waals surface area contributed by atoms with Crippen LogP contribution in [0, 0.1) is 16.7 Å². The van der Waals surface area contributed by atoms with Crippen molar-refractivity contribution in [2.24, 2.45) is 16.7 Å². The molecule has 1 nitrogen and oxygen atoms in total. The molecule has 1 aliphatic rings. The standard InChI is InChI=1S/C16H26O/c1-11-9-15(4,5)14(16(6,7)10-11)12(2)8-13(3)17/h8-9,14H,10H2,1-7H3/b12-8-. The summed E-state index contributed by atoms with van der Waals surface area (Å²) in [5.74, 6) is 0.586. The number of rotatable bonds is 2. The van der Waals surface area contributed by atoms with Gasteiger partial charge in [-0.2, -0.15) is 0 Å². The Balaban J connectivity index is 3.24. The van der Waals surface area contributed by atoms with Crippen LogP contribution in [-0.4, -0.2) is 5.78 Å². The predicted octanol–water partition coefficient (Wildman–Crippen LogP) is 4.54. The van der Waals surface area contributed by atoms with E-state index in [0.29, 0.717) is 5.92 Å². The van der Waals surface area contributed by atoms with Gasteiger partial charge in [-0.15, -0.1) is 0 Å². The second-order valence-electron chi connectivity index (χ2n) is 6.91. The van der Waals surface area contributed by atoms with Crippen molar-refractivity contribution >= 4 is 5.78 Å². The molecule has 0 aromatic heterocycles. The smallest absolute Gasteiger partial charge is 0.152 e. The summed E-state index contributed by atoms with van der Waals surface area (Å²) in [6.07, 6.45) is 5.30. The number of allylic oxidation sites excluding steroid dienone is 4. The molecule has 1 atom stereocenters. The van der Waals surface area contributed by atoms with Crippen LogP contribution in [0.5, 0.6) is 0 Å². The van der Waals surface area contributed by atoms with Crippen LogP contribution in [0.4, 0.5) is 0 Å². The highest BCUT2D eigenvalue weighted by Gasteiger charge is 2.43. The fourth-order valence-electron chi connectivity index (χ4n) is 4.20. The van der Waals surface area contributed by atoms with Crippen molar-refractivity contribution in [3.63, 3.8) is 0 Å². The van der Waals surface area contributed by atoms with E-state index in [4.69, 9.17) is 0 Å². The van der Waals surface area contributed by atoms with E-state index in [-0.39, 0.29) is 16.6 Å². The van der Waals surface area contributed by atoms with Gasteiger partial charge in [0.25, 0.3) is 0 Å². The molecule has 0 aromatic rings. The van der Waals surface area contributed by atoms with E-state index in [1.807, 2.05) is 6.08 Å². The Morgan fingerprint density at radius 2 is 1.82 bits per heavy atom. The summed E-state index contributed by atoms with van der Waals surface area (Å²) in [5.41, 5.74) is 3.03. The molecule has 0 heterocycles. The van der Waals surface area contributed by atoms with Crippen LogP contribution in [0.1, 0.15) is 54.9 Å². The number of carbonyl (C=O) groups is 1. The normalized spacial score (nSPS) is 27.6. The van der Waals surface area contributed by atoms with E-state index < -0.39 is 0 Å². The summed E-state index contributed by atoms with van der Waals surface area (Å²) < 4.78 is 0. The summed E-state index contributed by atoms with van der Waals surface area (Å²) in [4.78, 5) is 11.3. The van der Waals surface area contributed by atoms with Crippen LogP contribution in [0.15, 0.2) is 23.3 Å². The molecule has 0 bridgehead atoms. The van der Waals surface area contributed by atoms with E-state index >= 15 is 0 Å². The molecule has 0 aliphatic heterocycles. The SMILES string of the molecule is CC(=O)/C=C(/C)C1C(C)(C)C=C(C)CC1(C)C. The second kappa shape index (κ2) is 4.44. The average molecular weight is 234 g/mol. The first-order valence-electron chi connectivity index (χ1n) is 6.43. The highest BCUT2D eigenvalue weighted by molar-refractivity contribution is 5.88. The van der Waals surface area contributed by atoms with Gasteiger partial charge in [-0.05, 0) is 50.0 Å². The fourth-order valence-corrected chi connectivity index (χ4v) is 4.20. The Morgan fingerprint density at radius 1 is 1.29 bits per heavy atom. The predicted molar refractivity (Wildman–Crippen MR) is 73.9 cm³/mol. The van der Waals surface area contributed by atoms with E-state index in [9.17, 15) is 4.79 Å². The highest BCUT2D eigenvalue weighted by Crippen LogP contribution is 2.52. The largest absolute Gasteiger partial charge is 0.295 e. The molecule has 0 aromatic carbocycles. The summed E-state index contributed by atoms with van der Waals surface area (Å²) in [6, 6.07) is 0. The Labute approximate surface area is 106 Å². The minimum Gasteiger partial charge on any atom is -0.295 e. The lowest BCUT2D eigenvalue weighted by atomic mass is 9.56. The van der Waals surface area contributed by atoms with E-state index in [1.165, 1.54) is 11.1 Å². The lowest BCUT2D eigenvalue weighted by Gasteiger charge is -2.48. The quantitative estimate of drug-likeness (QED) is 0.506. The van der Waals surface area contributed by atoms with Crippen LogP contribution in [0.3, 0.4) is 0 Å². The zero-order valence-corrected chi connectivity index (χ0v) is 12.3. The maximum atomic E-state index is 11.3. The number of hydrogen-bond acceptors (Lipinski definition) is 1. The van der Waals surface area contributed by atoms with Gasteiger partial charge in [-0.1, -0.05) is 44.9 Å². The minimum atomic E-state index is 0.127. The molecule has 1 unspecified atom stereocenters. The van der Waals surface area contributed by atoms with E-state index in [0.717, 1.165) is 6.42 Å². The molecule has 0 spiro atoms. The van der Waals surface area contributed by atoms with Crippen molar-refractivity contribution in [1.29, 1.82) is 0 Å². The van der Waals surface area contributed by atoms with Crippen LogP contribution in [-0.2, 0) is 4.79 Å². The van der Waals surface area contributed by atoms with Crippen molar-refractivity contribution in [2.45, 2.75) is 54.9 Å². The van der Waals surface area contributed by atoms with Crippen LogP contribution in [0.25, 0.3) is 0 Å². The minimum absolute atomic E-state index is 0.127. The zero-order valence-electron chi connectivity index (χ0n) is 12.3. The van der Waals surface area contributed by atoms with Crippen molar-refractivity contribution in [2.75, 3.05) is 0 Å². The lowest BCUT2D eigenvalue weighted by molar-refractivity contribution is -0.112. The van der Waals surface area contributed by atoms with Gasteiger partial charge in [-0.25, -0.2) is 0 Å². The molecule has 0 saturated heterocycles. The molecule has 0 saturated carbocycles. The van der Waals surface area contributed by atoms with Crippen LogP contribution < -0.4 is 0 Å². The molecular formula is C16H26O. The van der Waals surface area contributed by atoms with Gasteiger partial charge in [0.2, 0.25) is 0 Å². The van der Waals surface area contributed by atoms with Crippen LogP contribution >= 0.6 is 0 Å². The Bertz CT molecular complexity index is 380. The molecule has 17 heavy (non-hydrogen) atoms. The van der Waals surface area contributed by atoms with Crippen molar-refractivity contribution in [3.05, 3.63) is 23.3 Å². The third-order valence-corrected chi connectivity index (χ3v) is 3.76. The van der Waals surface area contributed by atoms with E-state index in [2.05, 4.69) is 47.6 Å². The van der Waals surface area contributed by atoms with Crippen molar-refractivity contribution in [3.8, 4) is 0 Å². The lowest BCUT2D eigenvalue weighted by Crippen LogP contribution is -2.39.